The summed E-state index contributed by atoms with van der Waals surface area (Å²) in [4.78, 5) is 5.61. The molecule has 0 aliphatic carbocycles. The zero-order valence-corrected chi connectivity index (χ0v) is 18.1. The molecule has 0 aliphatic rings. The van der Waals surface area contributed by atoms with E-state index in [0.717, 1.165) is 34.9 Å². The molecule has 0 radical (unpaired) electrons. The molecule has 0 saturated heterocycles. The predicted molar refractivity (Wildman–Crippen MR) is 113 cm³/mol. The fourth-order valence-corrected chi connectivity index (χ4v) is 4.90. The number of aryl methyl sites for hydroxylation is 1. The predicted octanol–water partition coefficient (Wildman–Crippen LogP) is 3.89. The Balaban J connectivity index is 1.61. The topological polar surface area (TPSA) is 117 Å². The van der Waals surface area contributed by atoms with Gasteiger partial charge in [0.05, 0.1) is 26.6 Å². The molecular weight excluding hydrogens is 430 g/mol. The Hall–Kier alpha value is -2.21. The molecule has 11 heteroatoms. The standard InChI is InChI=1S/C18H19N5O3S3/c1-2-3-8-23-14-7-6-12(29(19,24)25)10-13(14)20-18(23)28-11-16-21-22-17(26-16)15-5-4-9-27-15/h4-7,9-10H,2-3,8,11H2,1H3,(H2,19,24,25). The van der Waals surface area contributed by atoms with E-state index in [9.17, 15) is 8.42 Å². The van der Waals surface area contributed by atoms with Crippen LogP contribution in [0, 0.1) is 0 Å². The van der Waals surface area contributed by atoms with E-state index in [1.54, 1.807) is 17.4 Å². The number of primary sulfonamides is 1. The van der Waals surface area contributed by atoms with E-state index in [2.05, 4.69) is 26.7 Å². The van der Waals surface area contributed by atoms with Crippen molar-refractivity contribution in [3.05, 3.63) is 41.6 Å². The van der Waals surface area contributed by atoms with Crippen LogP contribution in [0.3, 0.4) is 0 Å². The highest BCUT2D eigenvalue weighted by atomic mass is 32.2. The summed E-state index contributed by atoms with van der Waals surface area (Å²) in [5.74, 6) is 1.49. The van der Waals surface area contributed by atoms with Crippen molar-refractivity contribution in [3.8, 4) is 10.8 Å². The maximum atomic E-state index is 11.7. The first-order valence-corrected chi connectivity index (χ1v) is 12.4. The Morgan fingerprint density at radius 2 is 2.14 bits per heavy atom. The van der Waals surface area contributed by atoms with Crippen LogP contribution in [0.5, 0.6) is 0 Å². The van der Waals surface area contributed by atoms with Crippen LogP contribution in [0.4, 0.5) is 0 Å². The van der Waals surface area contributed by atoms with Gasteiger partial charge in [0, 0.05) is 6.54 Å². The third kappa shape index (κ3) is 4.37. The minimum atomic E-state index is -3.78. The molecule has 152 valence electrons. The Labute approximate surface area is 176 Å². The van der Waals surface area contributed by atoms with Crippen molar-refractivity contribution >= 4 is 44.2 Å². The molecule has 0 saturated carbocycles. The third-order valence-corrected chi connectivity index (χ3v) is 7.00. The molecule has 1 aromatic carbocycles. The van der Waals surface area contributed by atoms with E-state index >= 15 is 0 Å². The Morgan fingerprint density at radius 3 is 2.86 bits per heavy atom. The van der Waals surface area contributed by atoms with E-state index < -0.39 is 10.0 Å². The van der Waals surface area contributed by atoms with Crippen LogP contribution in [-0.4, -0.2) is 28.2 Å². The summed E-state index contributed by atoms with van der Waals surface area (Å²) < 4.78 is 31.2. The van der Waals surface area contributed by atoms with Gasteiger partial charge in [-0.05, 0) is 36.1 Å². The fourth-order valence-electron chi connectivity index (χ4n) is 2.85. The number of fused-ring (bicyclic) bond motifs is 1. The monoisotopic (exact) mass is 449 g/mol. The molecule has 0 fully saturated rings. The summed E-state index contributed by atoms with van der Waals surface area (Å²) in [5, 5.41) is 16.2. The number of nitrogens with zero attached hydrogens (tertiary/aromatic N) is 4. The van der Waals surface area contributed by atoms with Gasteiger partial charge < -0.3 is 8.98 Å². The van der Waals surface area contributed by atoms with E-state index in [4.69, 9.17) is 9.56 Å². The lowest BCUT2D eigenvalue weighted by molar-refractivity contribution is 0.529. The molecule has 0 unspecified atom stereocenters. The van der Waals surface area contributed by atoms with Crippen LogP contribution in [0.2, 0.25) is 0 Å². The average Bonchev–Trinajstić information content (AvgIpc) is 3.42. The highest BCUT2D eigenvalue weighted by molar-refractivity contribution is 7.98. The number of aromatic nitrogens is 4. The smallest absolute Gasteiger partial charge is 0.257 e. The molecule has 3 heterocycles. The molecule has 0 amide bonds. The number of imidazole rings is 1. The lowest BCUT2D eigenvalue weighted by Crippen LogP contribution is -2.11. The summed E-state index contributed by atoms with van der Waals surface area (Å²) in [7, 11) is -3.78. The highest BCUT2D eigenvalue weighted by Crippen LogP contribution is 2.30. The number of rotatable bonds is 8. The van der Waals surface area contributed by atoms with Gasteiger partial charge in [-0.2, -0.15) is 0 Å². The Bertz CT molecular complexity index is 1230. The number of benzene rings is 1. The maximum Gasteiger partial charge on any atom is 0.257 e. The van der Waals surface area contributed by atoms with Gasteiger partial charge >= 0.3 is 0 Å². The molecule has 2 N–H and O–H groups in total. The van der Waals surface area contributed by atoms with Gasteiger partial charge in [-0.3, -0.25) is 0 Å². The van der Waals surface area contributed by atoms with Gasteiger partial charge in [0.25, 0.3) is 5.89 Å². The molecule has 3 aromatic heterocycles. The van der Waals surface area contributed by atoms with Crippen LogP contribution < -0.4 is 5.14 Å². The Morgan fingerprint density at radius 1 is 1.28 bits per heavy atom. The van der Waals surface area contributed by atoms with Crippen molar-refractivity contribution in [2.75, 3.05) is 0 Å². The minimum Gasteiger partial charge on any atom is -0.419 e. The zero-order valence-electron chi connectivity index (χ0n) is 15.6. The number of thiophene rings is 1. The van der Waals surface area contributed by atoms with Crippen molar-refractivity contribution in [2.24, 2.45) is 5.14 Å². The number of hydrogen-bond donors (Lipinski definition) is 1. The van der Waals surface area contributed by atoms with Crippen molar-refractivity contribution in [1.29, 1.82) is 0 Å². The van der Waals surface area contributed by atoms with Crippen LogP contribution in [-0.2, 0) is 22.3 Å². The largest absolute Gasteiger partial charge is 0.419 e. The van der Waals surface area contributed by atoms with Crippen molar-refractivity contribution in [2.45, 2.75) is 42.1 Å². The molecule has 0 bridgehead atoms. The van der Waals surface area contributed by atoms with Gasteiger partial charge in [0.2, 0.25) is 15.9 Å². The molecule has 0 atom stereocenters. The lowest BCUT2D eigenvalue weighted by Gasteiger charge is -2.07. The zero-order chi connectivity index (χ0) is 20.4. The molecule has 8 nitrogen and oxygen atoms in total. The number of hydrogen-bond acceptors (Lipinski definition) is 8. The van der Waals surface area contributed by atoms with Gasteiger partial charge in [0.15, 0.2) is 5.16 Å². The number of unbranched alkanes of at least 4 members (excludes halogenated alkanes) is 1. The summed E-state index contributed by atoms with van der Waals surface area (Å²) in [6.45, 7) is 2.91. The highest BCUT2D eigenvalue weighted by Gasteiger charge is 2.17. The number of thioether (sulfide) groups is 1. The molecule has 0 spiro atoms. The summed E-state index contributed by atoms with van der Waals surface area (Å²) >= 11 is 3.02. The number of nitrogens with two attached hydrogens (primary N) is 1. The van der Waals surface area contributed by atoms with E-state index in [0.29, 0.717) is 23.1 Å². The van der Waals surface area contributed by atoms with Gasteiger partial charge in [-0.25, -0.2) is 18.5 Å². The lowest BCUT2D eigenvalue weighted by atomic mass is 10.3. The van der Waals surface area contributed by atoms with Gasteiger partial charge in [-0.1, -0.05) is 31.2 Å². The molecule has 4 rings (SSSR count). The summed E-state index contributed by atoms with van der Waals surface area (Å²) in [6, 6.07) is 8.65. The second-order valence-electron chi connectivity index (χ2n) is 6.36. The van der Waals surface area contributed by atoms with Crippen LogP contribution in [0.25, 0.3) is 21.8 Å². The van der Waals surface area contributed by atoms with Crippen LogP contribution in [0.1, 0.15) is 25.7 Å². The average molecular weight is 450 g/mol. The number of sulfonamides is 1. The third-order valence-electron chi connectivity index (χ3n) is 4.27. The van der Waals surface area contributed by atoms with E-state index in [1.165, 1.54) is 23.9 Å². The van der Waals surface area contributed by atoms with E-state index in [-0.39, 0.29) is 4.90 Å². The fraction of sp³-hybridized carbons (Fsp3) is 0.278. The second kappa shape index (κ2) is 8.27. The van der Waals surface area contributed by atoms with Gasteiger partial charge in [0.1, 0.15) is 0 Å². The Kier molecular flexibility index (Phi) is 5.72. The molecule has 0 aliphatic heterocycles. The first kappa shape index (κ1) is 20.1. The van der Waals surface area contributed by atoms with Crippen LogP contribution >= 0.6 is 23.1 Å². The van der Waals surface area contributed by atoms with Crippen LogP contribution in [0.15, 0.2) is 50.2 Å². The van der Waals surface area contributed by atoms with Crippen molar-refractivity contribution in [3.63, 3.8) is 0 Å². The summed E-state index contributed by atoms with van der Waals surface area (Å²) in [6.07, 6.45) is 2.02. The molecular formula is C18H19N5O3S3. The van der Waals surface area contributed by atoms with Crippen molar-refractivity contribution < 1.29 is 12.8 Å². The molecule has 29 heavy (non-hydrogen) atoms. The second-order valence-corrected chi connectivity index (χ2v) is 9.81. The quantitative estimate of drug-likeness (QED) is 0.406. The molecule has 4 aromatic rings. The minimum absolute atomic E-state index is 0.0548. The van der Waals surface area contributed by atoms with Gasteiger partial charge in [-0.15, -0.1) is 21.5 Å². The SMILES string of the molecule is CCCCn1c(SCc2nnc(-c3cccs3)o2)nc2cc(S(N)(=O)=O)ccc21. The summed E-state index contributed by atoms with van der Waals surface area (Å²) in [5.41, 5.74) is 1.47. The van der Waals surface area contributed by atoms with E-state index in [1.807, 2.05) is 17.5 Å². The first-order chi connectivity index (χ1) is 14.0. The maximum absolute atomic E-state index is 11.7. The first-order valence-electron chi connectivity index (χ1n) is 8.98. The van der Waals surface area contributed by atoms with Crippen molar-refractivity contribution in [1.82, 2.24) is 19.7 Å². The normalized spacial score (nSPS) is 12.1.